The van der Waals surface area contributed by atoms with Gasteiger partial charge in [-0.2, -0.15) is 0 Å². The number of halogens is 2. The molecule has 1 aromatic rings. The number of nitrogens with one attached hydrogen (secondary N) is 1. The van der Waals surface area contributed by atoms with Gasteiger partial charge in [0.25, 0.3) is 0 Å². The maximum Gasteiger partial charge on any atom is 0.134 e. The summed E-state index contributed by atoms with van der Waals surface area (Å²) < 4.78 is 19.9. The molecule has 1 aliphatic carbocycles. The third kappa shape index (κ3) is 2.52. The lowest BCUT2D eigenvalue weighted by Crippen LogP contribution is -2.63. The molecule has 2 atom stereocenters. The smallest absolute Gasteiger partial charge is 0.134 e. The van der Waals surface area contributed by atoms with Crippen LogP contribution in [0.1, 0.15) is 33.1 Å². The molecule has 1 N–H and O–H groups in total. The maximum absolute atomic E-state index is 13.1. The first-order chi connectivity index (χ1) is 9.07. The number of benzene rings is 1. The van der Waals surface area contributed by atoms with Crippen molar-refractivity contribution in [2.24, 2.45) is 5.41 Å². The van der Waals surface area contributed by atoms with Gasteiger partial charge in [0.2, 0.25) is 0 Å². The summed E-state index contributed by atoms with van der Waals surface area (Å²) in [6, 6.07) is 5.09. The third-order valence-corrected chi connectivity index (χ3v) is 5.23. The molecule has 4 heteroatoms. The summed E-state index contributed by atoms with van der Waals surface area (Å²) in [6.07, 6.45) is 3.36. The van der Waals surface area contributed by atoms with Crippen LogP contribution >= 0.6 is 15.9 Å². The number of ether oxygens (including phenoxy) is 1. The summed E-state index contributed by atoms with van der Waals surface area (Å²) in [5, 5.41) is 3.38. The monoisotopic (exact) mass is 329 g/mol. The molecule has 1 fully saturated rings. The molecular weight excluding hydrogens is 309 g/mol. The zero-order chi connectivity index (χ0) is 14.0. The van der Waals surface area contributed by atoms with E-state index >= 15 is 0 Å². The highest BCUT2D eigenvalue weighted by Crippen LogP contribution is 2.49. The number of rotatable bonds is 5. The van der Waals surface area contributed by atoms with Gasteiger partial charge in [0.15, 0.2) is 0 Å². The first kappa shape index (κ1) is 14.8. The van der Waals surface area contributed by atoms with E-state index in [-0.39, 0.29) is 17.3 Å². The van der Waals surface area contributed by atoms with Crippen LogP contribution in [-0.2, 0) is 0 Å². The second kappa shape index (κ2) is 5.80. The molecular formula is C15H21BrFNO. The molecule has 1 aliphatic rings. The van der Waals surface area contributed by atoms with Crippen LogP contribution in [0.5, 0.6) is 5.75 Å². The topological polar surface area (TPSA) is 21.3 Å². The molecule has 0 heterocycles. The van der Waals surface area contributed by atoms with Crippen molar-refractivity contribution in [1.29, 1.82) is 0 Å². The highest BCUT2D eigenvalue weighted by atomic mass is 79.9. The van der Waals surface area contributed by atoms with E-state index in [1.807, 2.05) is 7.05 Å². The van der Waals surface area contributed by atoms with E-state index < -0.39 is 0 Å². The molecule has 0 amide bonds. The van der Waals surface area contributed by atoms with Crippen molar-refractivity contribution in [1.82, 2.24) is 5.32 Å². The molecule has 2 nitrogen and oxygen atoms in total. The van der Waals surface area contributed by atoms with Gasteiger partial charge in [0.05, 0.1) is 4.47 Å². The molecule has 106 valence electrons. The summed E-state index contributed by atoms with van der Waals surface area (Å²) in [6.45, 7) is 4.42. The Labute approximate surface area is 122 Å². The van der Waals surface area contributed by atoms with E-state index in [2.05, 4.69) is 35.1 Å². The van der Waals surface area contributed by atoms with E-state index in [1.54, 1.807) is 6.07 Å². The van der Waals surface area contributed by atoms with E-state index in [0.717, 1.165) is 25.0 Å². The normalized spacial score (nSPS) is 24.9. The Morgan fingerprint density at radius 1 is 1.42 bits per heavy atom. The van der Waals surface area contributed by atoms with E-state index in [0.29, 0.717) is 10.5 Å². The van der Waals surface area contributed by atoms with Gasteiger partial charge in [0, 0.05) is 17.9 Å². The van der Waals surface area contributed by atoms with Gasteiger partial charge in [0.1, 0.15) is 17.7 Å². The van der Waals surface area contributed by atoms with Gasteiger partial charge >= 0.3 is 0 Å². The van der Waals surface area contributed by atoms with Crippen LogP contribution in [0.4, 0.5) is 4.39 Å². The first-order valence-electron chi connectivity index (χ1n) is 6.86. The van der Waals surface area contributed by atoms with Gasteiger partial charge < -0.3 is 10.1 Å². The van der Waals surface area contributed by atoms with E-state index in [4.69, 9.17) is 4.74 Å². The lowest BCUT2D eigenvalue weighted by atomic mass is 9.58. The quantitative estimate of drug-likeness (QED) is 0.876. The van der Waals surface area contributed by atoms with Crippen LogP contribution in [0.2, 0.25) is 0 Å². The predicted molar refractivity (Wildman–Crippen MR) is 79.0 cm³/mol. The van der Waals surface area contributed by atoms with Crippen molar-refractivity contribution in [3.63, 3.8) is 0 Å². The molecule has 0 aromatic heterocycles. The summed E-state index contributed by atoms with van der Waals surface area (Å²) in [4.78, 5) is 0. The summed E-state index contributed by atoms with van der Waals surface area (Å²) in [7, 11) is 2.01. The Kier molecular flexibility index (Phi) is 4.51. The largest absolute Gasteiger partial charge is 0.489 e. The fourth-order valence-electron chi connectivity index (χ4n) is 3.24. The van der Waals surface area contributed by atoms with Crippen molar-refractivity contribution in [2.75, 3.05) is 7.05 Å². The molecule has 19 heavy (non-hydrogen) atoms. The van der Waals surface area contributed by atoms with Crippen LogP contribution in [-0.4, -0.2) is 19.2 Å². The average Bonchev–Trinajstić information content (AvgIpc) is 2.38. The SMILES string of the molecule is CCC1(CC)C(NC)CC1Oc1ccc(F)cc1Br. The lowest BCUT2D eigenvalue weighted by Gasteiger charge is -2.55. The number of hydrogen-bond acceptors (Lipinski definition) is 2. The Balaban J connectivity index is 2.15. The molecule has 0 spiro atoms. The third-order valence-electron chi connectivity index (χ3n) is 4.61. The predicted octanol–water partition coefficient (Wildman–Crippen LogP) is 4.13. The maximum atomic E-state index is 13.1. The zero-order valence-electron chi connectivity index (χ0n) is 11.7. The first-order valence-corrected chi connectivity index (χ1v) is 7.65. The highest BCUT2D eigenvalue weighted by molar-refractivity contribution is 9.10. The molecule has 1 aromatic carbocycles. The van der Waals surface area contributed by atoms with Crippen molar-refractivity contribution in [3.8, 4) is 5.75 Å². The Morgan fingerprint density at radius 2 is 2.11 bits per heavy atom. The second-order valence-electron chi connectivity index (χ2n) is 5.20. The van der Waals surface area contributed by atoms with Crippen LogP contribution in [0.25, 0.3) is 0 Å². The van der Waals surface area contributed by atoms with Gasteiger partial charge in [-0.15, -0.1) is 0 Å². The Morgan fingerprint density at radius 3 is 2.63 bits per heavy atom. The molecule has 2 unspecified atom stereocenters. The summed E-state index contributed by atoms with van der Waals surface area (Å²) in [5.74, 6) is 0.477. The van der Waals surface area contributed by atoms with Gasteiger partial charge in [-0.1, -0.05) is 13.8 Å². The molecule has 1 saturated carbocycles. The fraction of sp³-hybridized carbons (Fsp3) is 0.600. The zero-order valence-corrected chi connectivity index (χ0v) is 13.3. The molecule has 0 bridgehead atoms. The molecule has 0 radical (unpaired) electrons. The molecule has 0 saturated heterocycles. The summed E-state index contributed by atoms with van der Waals surface area (Å²) in [5.41, 5.74) is 0.183. The van der Waals surface area contributed by atoms with Crippen molar-refractivity contribution < 1.29 is 9.13 Å². The Bertz CT molecular complexity index is 448. The number of hydrogen-bond donors (Lipinski definition) is 1. The highest BCUT2D eigenvalue weighted by Gasteiger charge is 2.53. The molecule has 0 aliphatic heterocycles. The van der Waals surface area contributed by atoms with Gasteiger partial charge in [-0.05, 0) is 54.0 Å². The van der Waals surface area contributed by atoms with E-state index in [1.165, 1.54) is 12.1 Å². The minimum absolute atomic E-state index is 0.183. The minimum Gasteiger partial charge on any atom is -0.489 e. The van der Waals surface area contributed by atoms with E-state index in [9.17, 15) is 4.39 Å². The standard InChI is InChI=1S/C15H21BrFNO/c1-4-15(5-2)13(18-3)9-14(15)19-12-7-6-10(17)8-11(12)16/h6-8,13-14,18H,4-5,9H2,1-3H3. The minimum atomic E-state index is -0.252. The van der Waals surface area contributed by atoms with Crippen LogP contribution < -0.4 is 10.1 Å². The fourth-order valence-corrected chi connectivity index (χ4v) is 3.68. The summed E-state index contributed by atoms with van der Waals surface area (Å²) >= 11 is 3.36. The average molecular weight is 330 g/mol. The van der Waals surface area contributed by atoms with Crippen molar-refractivity contribution >= 4 is 15.9 Å². The van der Waals surface area contributed by atoms with Gasteiger partial charge in [-0.3, -0.25) is 0 Å². The van der Waals surface area contributed by atoms with Crippen molar-refractivity contribution in [3.05, 3.63) is 28.5 Å². The second-order valence-corrected chi connectivity index (χ2v) is 6.05. The van der Waals surface area contributed by atoms with Gasteiger partial charge in [-0.25, -0.2) is 4.39 Å². The Hall–Kier alpha value is -0.610. The van der Waals surface area contributed by atoms with Crippen LogP contribution in [0, 0.1) is 11.2 Å². The molecule has 2 rings (SSSR count). The van der Waals surface area contributed by atoms with Crippen LogP contribution in [0.15, 0.2) is 22.7 Å². The van der Waals surface area contributed by atoms with Crippen molar-refractivity contribution in [2.45, 2.75) is 45.3 Å². The van der Waals surface area contributed by atoms with Crippen LogP contribution in [0.3, 0.4) is 0 Å². The lowest BCUT2D eigenvalue weighted by molar-refractivity contribution is -0.0839.